The molecule has 4 nitrogen and oxygen atoms in total. The summed E-state index contributed by atoms with van der Waals surface area (Å²) in [4.78, 5) is 17.6. The lowest BCUT2D eigenvalue weighted by molar-refractivity contribution is 0.0603. The normalized spacial score (nSPS) is 24.2. The number of fused-ring (bicyclic) bond motifs is 1. The Hall–Kier alpha value is -2.30. The molecular formula is C22H27FN2O2. The second-order valence-electron chi connectivity index (χ2n) is 8.47. The van der Waals surface area contributed by atoms with Gasteiger partial charge in [-0.2, -0.15) is 0 Å². The predicted octanol–water partition coefficient (Wildman–Crippen LogP) is 4.70. The van der Waals surface area contributed by atoms with Crippen molar-refractivity contribution in [1.82, 2.24) is 4.90 Å². The van der Waals surface area contributed by atoms with Crippen molar-refractivity contribution >= 4 is 11.6 Å². The maximum absolute atomic E-state index is 13.9. The maximum atomic E-state index is 13.9. The average molecular weight is 370 g/mol. The molecule has 0 bridgehead atoms. The van der Waals surface area contributed by atoms with Gasteiger partial charge in [-0.15, -0.1) is 0 Å². The number of hydrogen-bond donors (Lipinski definition) is 0. The lowest BCUT2D eigenvalue weighted by atomic mass is 9.93. The molecule has 5 heteroatoms. The number of aryl methyl sites for hydroxylation is 2. The van der Waals surface area contributed by atoms with Gasteiger partial charge in [0.15, 0.2) is 0 Å². The van der Waals surface area contributed by atoms with Gasteiger partial charge >= 0.3 is 0 Å². The molecule has 4 rings (SSSR count). The fourth-order valence-corrected chi connectivity index (χ4v) is 5.06. The lowest BCUT2D eigenvalue weighted by Crippen LogP contribution is -2.53. The highest BCUT2D eigenvalue weighted by Gasteiger charge is 2.51. The maximum Gasteiger partial charge on any atom is 0.257 e. The number of benzene rings is 1. The first-order valence-electron chi connectivity index (χ1n) is 9.71. The molecule has 0 saturated carbocycles. The summed E-state index contributed by atoms with van der Waals surface area (Å²) >= 11 is 0. The van der Waals surface area contributed by atoms with Crippen LogP contribution >= 0.6 is 0 Å². The van der Waals surface area contributed by atoms with Crippen LogP contribution in [0.4, 0.5) is 10.1 Å². The molecule has 0 aliphatic carbocycles. The number of carbonyl (C=O) groups excluding carboxylic acids is 1. The molecule has 1 aromatic carbocycles. The van der Waals surface area contributed by atoms with Gasteiger partial charge in [0.2, 0.25) is 0 Å². The van der Waals surface area contributed by atoms with Crippen molar-refractivity contribution < 1.29 is 13.6 Å². The Kier molecular flexibility index (Phi) is 4.28. The number of anilines is 1. The summed E-state index contributed by atoms with van der Waals surface area (Å²) in [5, 5.41) is 0. The van der Waals surface area contributed by atoms with Gasteiger partial charge in [0.1, 0.15) is 17.3 Å². The van der Waals surface area contributed by atoms with Crippen molar-refractivity contribution in [3.63, 3.8) is 0 Å². The Balaban J connectivity index is 1.68. The predicted molar refractivity (Wildman–Crippen MR) is 104 cm³/mol. The summed E-state index contributed by atoms with van der Waals surface area (Å²) in [5.74, 6) is 1.27. The van der Waals surface area contributed by atoms with Crippen LogP contribution < -0.4 is 4.90 Å². The van der Waals surface area contributed by atoms with E-state index in [9.17, 15) is 9.18 Å². The van der Waals surface area contributed by atoms with Crippen molar-refractivity contribution in [2.24, 2.45) is 0 Å². The third-order valence-corrected chi connectivity index (χ3v) is 6.05. The first-order valence-corrected chi connectivity index (χ1v) is 9.71. The highest BCUT2D eigenvalue weighted by atomic mass is 19.1. The van der Waals surface area contributed by atoms with Crippen LogP contribution in [0.25, 0.3) is 0 Å². The molecule has 1 amide bonds. The third-order valence-electron chi connectivity index (χ3n) is 6.05. The van der Waals surface area contributed by atoms with Crippen LogP contribution in [0.2, 0.25) is 0 Å². The molecule has 0 N–H and O–H groups in total. The van der Waals surface area contributed by atoms with Crippen LogP contribution in [-0.4, -0.2) is 35.0 Å². The van der Waals surface area contributed by atoms with Gasteiger partial charge in [0, 0.05) is 17.8 Å². The van der Waals surface area contributed by atoms with Crippen molar-refractivity contribution in [2.75, 3.05) is 11.4 Å². The van der Waals surface area contributed by atoms with Crippen LogP contribution in [0.15, 0.2) is 34.7 Å². The summed E-state index contributed by atoms with van der Waals surface area (Å²) in [6.07, 6.45) is 2.83. The number of piperidine rings is 1. The number of nitrogens with zero attached hydrogens (tertiary/aromatic N) is 2. The molecule has 2 aliphatic heterocycles. The second-order valence-corrected chi connectivity index (χ2v) is 8.47. The fourth-order valence-electron chi connectivity index (χ4n) is 5.06. The Bertz CT molecular complexity index is 873. The number of hydrogen-bond acceptors (Lipinski definition) is 3. The van der Waals surface area contributed by atoms with E-state index >= 15 is 0 Å². The monoisotopic (exact) mass is 370 g/mol. The topological polar surface area (TPSA) is 36.7 Å². The van der Waals surface area contributed by atoms with Crippen molar-refractivity contribution in [2.45, 2.75) is 64.6 Å². The van der Waals surface area contributed by atoms with Gasteiger partial charge in [0.05, 0.1) is 17.6 Å². The zero-order valence-electron chi connectivity index (χ0n) is 16.5. The summed E-state index contributed by atoms with van der Waals surface area (Å²) in [6, 6.07) is 8.98. The van der Waals surface area contributed by atoms with Crippen LogP contribution in [0.1, 0.15) is 55.0 Å². The molecular weight excluding hydrogens is 343 g/mol. The Labute approximate surface area is 159 Å². The van der Waals surface area contributed by atoms with Crippen LogP contribution in [0.3, 0.4) is 0 Å². The number of rotatable bonds is 2. The zero-order chi connectivity index (χ0) is 19.3. The van der Waals surface area contributed by atoms with E-state index in [1.165, 1.54) is 6.07 Å². The first kappa shape index (κ1) is 18.1. The number of amides is 1. The minimum absolute atomic E-state index is 0.0518. The van der Waals surface area contributed by atoms with Crippen LogP contribution in [0.5, 0.6) is 0 Å². The molecule has 2 fully saturated rings. The highest BCUT2D eigenvalue weighted by molar-refractivity contribution is 5.95. The molecule has 144 valence electrons. The number of likely N-dealkylation sites (tertiary alicyclic amines) is 1. The quantitative estimate of drug-likeness (QED) is 0.769. The number of furan rings is 1. The first-order chi connectivity index (χ1) is 12.8. The van der Waals surface area contributed by atoms with Crippen molar-refractivity contribution in [1.29, 1.82) is 0 Å². The SMILES string of the molecule is Cc1cc(C(=O)N2CCC[C@H]3[C@@H]2CC(C)(C)N3c2cccc(F)c2)c(C)o1. The molecule has 2 aromatic rings. The molecule has 0 radical (unpaired) electrons. The highest BCUT2D eigenvalue weighted by Crippen LogP contribution is 2.44. The van der Waals surface area contributed by atoms with E-state index in [4.69, 9.17) is 4.42 Å². The van der Waals surface area contributed by atoms with E-state index in [0.717, 1.165) is 37.3 Å². The lowest BCUT2D eigenvalue weighted by Gasteiger charge is -2.42. The smallest absolute Gasteiger partial charge is 0.257 e. The van der Waals surface area contributed by atoms with Crippen molar-refractivity contribution in [3.05, 3.63) is 53.2 Å². The Morgan fingerprint density at radius 1 is 1.22 bits per heavy atom. The average Bonchev–Trinajstić information content (AvgIpc) is 3.07. The van der Waals surface area contributed by atoms with Crippen LogP contribution in [-0.2, 0) is 0 Å². The van der Waals surface area contributed by atoms with E-state index in [2.05, 4.69) is 18.7 Å². The van der Waals surface area contributed by atoms with Gasteiger partial charge in [-0.05, 0) is 71.2 Å². The molecule has 0 unspecified atom stereocenters. The largest absolute Gasteiger partial charge is 0.466 e. The van der Waals surface area contributed by atoms with Gasteiger partial charge in [0.25, 0.3) is 5.91 Å². The van der Waals surface area contributed by atoms with E-state index in [-0.39, 0.29) is 29.3 Å². The van der Waals surface area contributed by atoms with Gasteiger partial charge in [-0.25, -0.2) is 4.39 Å². The standard InChI is InChI=1S/C22H27FN2O2/c1-14-11-18(15(2)27-14)21(26)24-10-6-9-19-20(24)13-22(3,4)25(19)17-8-5-7-16(23)12-17/h5,7-8,11-12,19-20H,6,9-10,13H2,1-4H3/t19-,20-/m0/s1. The zero-order valence-corrected chi connectivity index (χ0v) is 16.5. The van der Waals surface area contributed by atoms with E-state index < -0.39 is 0 Å². The van der Waals surface area contributed by atoms with E-state index in [1.807, 2.05) is 30.9 Å². The summed E-state index contributed by atoms with van der Waals surface area (Å²) in [5.41, 5.74) is 1.42. The molecule has 27 heavy (non-hydrogen) atoms. The molecule has 2 atom stereocenters. The number of halogens is 1. The molecule has 2 aliphatic rings. The summed E-state index contributed by atoms with van der Waals surface area (Å²) < 4.78 is 19.5. The van der Waals surface area contributed by atoms with Gasteiger partial charge in [-0.1, -0.05) is 6.07 Å². The fraction of sp³-hybridized carbons (Fsp3) is 0.500. The summed E-state index contributed by atoms with van der Waals surface area (Å²) in [6.45, 7) is 8.85. The minimum atomic E-state index is -0.222. The molecule has 1 aromatic heterocycles. The Morgan fingerprint density at radius 3 is 2.67 bits per heavy atom. The van der Waals surface area contributed by atoms with Crippen molar-refractivity contribution in [3.8, 4) is 0 Å². The Morgan fingerprint density at radius 2 is 2.00 bits per heavy atom. The second kappa shape index (κ2) is 6.39. The molecule has 2 saturated heterocycles. The van der Waals surface area contributed by atoms with E-state index in [1.54, 1.807) is 12.1 Å². The van der Waals surface area contributed by atoms with Gasteiger partial charge < -0.3 is 14.2 Å². The third kappa shape index (κ3) is 3.03. The van der Waals surface area contributed by atoms with Crippen LogP contribution in [0, 0.1) is 19.7 Å². The minimum Gasteiger partial charge on any atom is -0.466 e. The molecule has 3 heterocycles. The molecule has 0 spiro atoms. The van der Waals surface area contributed by atoms with E-state index in [0.29, 0.717) is 11.3 Å². The number of carbonyl (C=O) groups is 1. The van der Waals surface area contributed by atoms with Gasteiger partial charge in [-0.3, -0.25) is 4.79 Å². The summed E-state index contributed by atoms with van der Waals surface area (Å²) in [7, 11) is 0.